The third-order valence-electron chi connectivity index (χ3n) is 4.29. The first-order valence-corrected chi connectivity index (χ1v) is 8.46. The second-order valence-corrected chi connectivity index (χ2v) is 6.79. The maximum atomic E-state index is 12.9. The Labute approximate surface area is 128 Å². The van der Waals surface area contributed by atoms with Crippen molar-refractivity contribution in [3.05, 3.63) is 35.4 Å². The van der Waals surface area contributed by atoms with Crippen molar-refractivity contribution in [2.75, 3.05) is 12.3 Å². The highest BCUT2D eigenvalue weighted by molar-refractivity contribution is 8.00. The minimum atomic E-state index is -0.878. The normalized spacial score (nSPS) is 25.2. The zero-order valence-electron chi connectivity index (χ0n) is 11.8. The summed E-state index contributed by atoms with van der Waals surface area (Å²) in [6, 6.07) is 7.37. The van der Waals surface area contributed by atoms with Gasteiger partial charge in [-0.1, -0.05) is 24.3 Å². The number of carbonyl (C=O) groups is 2. The van der Waals surface area contributed by atoms with Gasteiger partial charge in [-0.05, 0) is 42.6 Å². The van der Waals surface area contributed by atoms with E-state index in [2.05, 4.69) is 6.07 Å². The number of rotatable bonds is 2. The van der Waals surface area contributed by atoms with Crippen molar-refractivity contribution in [2.24, 2.45) is 0 Å². The first-order valence-electron chi connectivity index (χ1n) is 7.41. The predicted molar refractivity (Wildman–Crippen MR) is 82.3 cm³/mol. The van der Waals surface area contributed by atoms with Gasteiger partial charge in [0, 0.05) is 6.54 Å². The molecule has 0 aromatic heterocycles. The largest absolute Gasteiger partial charge is 0.480 e. The number of carbonyl (C=O) groups excluding carboxylic acids is 1. The van der Waals surface area contributed by atoms with Crippen molar-refractivity contribution in [2.45, 2.75) is 37.0 Å². The second kappa shape index (κ2) is 6.10. The first kappa shape index (κ1) is 14.4. The van der Waals surface area contributed by atoms with Gasteiger partial charge < -0.3 is 10.0 Å². The number of piperidine rings is 1. The minimum Gasteiger partial charge on any atom is -0.480 e. The molecular formula is C16H19NO3S. The lowest BCUT2D eigenvalue weighted by Gasteiger charge is -2.36. The van der Waals surface area contributed by atoms with Crippen LogP contribution in [0.1, 0.15) is 35.6 Å². The van der Waals surface area contributed by atoms with E-state index >= 15 is 0 Å². The molecule has 112 valence electrons. The van der Waals surface area contributed by atoms with Gasteiger partial charge in [0.2, 0.25) is 5.91 Å². The lowest BCUT2D eigenvalue weighted by atomic mass is 9.98. The van der Waals surface area contributed by atoms with E-state index in [1.54, 1.807) is 16.7 Å². The lowest BCUT2D eigenvalue weighted by molar-refractivity contribution is -0.151. The van der Waals surface area contributed by atoms with Gasteiger partial charge in [-0.2, -0.15) is 0 Å². The number of amides is 1. The fraction of sp³-hybridized carbons (Fsp3) is 0.500. The summed E-state index contributed by atoms with van der Waals surface area (Å²) in [7, 11) is 0. The highest BCUT2D eigenvalue weighted by Gasteiger charge is 2.37. The summed E-state index contributed by atoms with van der Waals surface area (Å²) in [4.78, 5) is 25.9. The molecule has 1 amide bonds. The number of likely N-dealkylation sites (tertiary alicyclic amines) is 1. The van der Waals surface area contributed by atoms with Crippen LogP contribution in [0.25, 0.3) is 0 Å². The molecule has 3 rings (SSSR count). The molecule has 21 heavy (non-hydrogen) atoms. The Bertz CT molecular complexity index is 560. The molecule has 1 N–H and O–H groups in total. The second-order valence-electron chi connectivity index (χ2n) is 5.58. The minimum absolute atomic E-state index is 0.0285. The molecule has 2 unspecified atom stereocenters. The van der Waals surface area contributed by atoms with Crippen LogP contribution in [0, 0.1) is 0 Å². The Morgan fingerprint density at radius 3 is 2.86 bits per heavy atom. The number of fused-ring (bicyclic) bond motifs is 1. The Kier molecular flexibility index (Phi) is 4.19. The molecule has 0 radical (unpaired) electrons. The molecule has 5 heteroatoms. The molecular weight excluding hydrogens is 286 g/mol. The monoisotopic (exact) mass is 305 g/mol. The van der Waals surface area contributed by atoms with Gasteiger partial charge in [-0.3, -0.25) is 4.79 Å². The number of nitrogens with zero attached hydrogens (tertiary/aromatic N) is 1. The third-order valence-corrected chi connectivity index (χ3v) is 5.52. The maximum Gasteiger partial charge on any atom is 0.326 e. The molecule has 1 saturated heterocycles. The Morgan fingerprint density at radius 1 is 1.24 bits per heavy atom. The molecule has 2 heterocycles. The van der Waals surface area contributed by atoms with Crippen LogP contribution in [0.15, 0.2) is 24.3 Å². The van der Waals surface area contributed by atoms with Crippen molar-refractivity contribution >= 4 is 23.6 Å². The number of carboxylic acid groups (broad SMARTS) is 1. The number of aryl methyl sites for hydroxylation is 1. The quantitative estimate of drug-likeness (QED) is 0.912. The number of carboxylic acids is 1. The highest BCUT2D eigenvalue weighted by atomic mass is 32.2. The third kappa shape index (κ3) is 2.79. The summed E-state index contributed by atoms with van der Waals surface area (Å²) in [5.41, 5.74) is 2.28. The zero-order valence-corrected chi connectivity index (χ0v) is 12.6. The number of benzene rings is 1. The number of hydrogen-bond acceptors (Lipinski definition) is 3. The maximum absolute atomic E-state index is 12.9. The lowest BCUT2D eigenvalue weighted by Crippen LogP contribution is -2.49. The highest BCUT2D eigenvalue weighted by Crippen LogP contribution is 2.39. The first-order chi connectivity index (χ1) is 10.2. The smallest absolute Gasteiger partial charge is 0.326 e. The van der Waals surface area contributed by atoms with Crippen molar-refractivity contribution in [1.29, 1.82) is 0 Å². The van der Waals surface area contributed by atoms with E-state index in [0.29, 0.717) is 13.0 Å². The van der Waals surface area contributed by atoms with E-state index in [4.69, 9.17) is 0 Å². The van der Waals surface area contributed by atoms with Gasteiger partial charge >= 0.3 is 5.97 Å². The van der Waals surface area contributed by atoms with Crippen LogP contribution >= 0.6 is 11.8 Å². The van der Waals surface area contributed by atoms with Crippen LogP contribution < -0.4 is 0 Å². The SMILES string of the molecule is O=C(O)C1CCCCN1C(=O)C1SCCc2ccccc21. The van der Waals surface area contributed by atoms with Crippen LogP contribution in [-0.2, 0) is 16.0 Å². The molecule has 0 aliphatic carbocycles. The fourth-order valence-corrected chi connectivity index (χ4v) is 4.46. The van der Waals surface area contributed by atoms with Gasteiger partial charge in [0.15, 0.2) is 0 Å². The van der Waals surface area contributed by atoms with Gasteiger partial charge in [0.05, 0.1) is 0 Å². The molecule has 2 atom stereocenters. The summed E-state index contributed by atoms with van der Waals surface area (Å²) < 4.78 is 0. The molecule has 0 bridgehead atoms. The number of hydrogen-bond donors (Lipinski definition) is 1. The molecule has 0 saturated carbocycles. The summed E-state index contributed by atoms with van der Waals surface area (Å²) in [5.74, 6) is 0.00956. The van der Waals surface area contributed by atoms with E-state index in [1.807, 2.05) is 18.2 Å². The molecule has 1 aromatic carbocycles. The summed E-state index contributed by atoms with van der Waals surface area (Å²) in [6.45, 7) is 0.565. The van der Waals surface area contributed by atoms with Crippen molar-refractivity contribution in [1.82, 2.24) is 4.90 Å². The Balaban J connectivity index is 1.86. The van der Waals surface area contributed by atoms with Crippen LogP contribution in [-0.4, -0.2) is 40.2 Å². The average Bonchev–Trinajstić information content (AvgIpc) is 2.53. The van der Waals surface area contributed by atoms with Gasteiger partial charge in [0.1, 0.15) is 11.3 Å². The molecule has 1 aromatic rings. The van der Waals surface area contributed by atoms with E-state index in [0.717, 1.165) is 30.6 Å². The molecule has 1 fully saturated rings. The molecule has 0 spiro atoms. The fourth-order valence-electron chi connectivity index (χ4n) is 3.20. The van der Waals surface area contributed by atoms with Crippen LogP contribution in [0.3, 0.4) is 0 Å². The number of aliphatic carboxylic acids is 1. The van der Waals surface area contributed by atoms with Crippen molar-refractivity contribution < 1.29 is 14.7 Å². The topological polar surface area (TPSA) is 57.6 Å². The molecule has 4 nitrogen and oxygen atoms in total. The van der Waals surface area contributed by atoms with Gasteiger partial charge in [-0.15, -0.1) is 11.8 Å². The van der Waals surface area contributed by atoms with Crippen molar-refractivity contribution in [3.63, 3.8) is 0 Å². The van der Waals surface area contributed by atoms with Crippen molar-refractivity contribution in [3.8, 4) is 0 Å². The van der Waals surface area contributed by atoms with Gasteiger partial charge in [-0.25, -0.2) is 4.79 Å². The summed E-state index contributed by atoms with van der Waals surface area (Å²) in [6.07, 6.45) is 3.33. The number of thioether (sulfide) groups is 1. The van der Waals surface area contributed by atoms with E-state index in [1.165, 1.54) is 5.56 Å². The summed E-state index contributed by atoms with van der Waals surface area (Å²) >= 11 is 1.64. The Morgan fingerprint density at radius 2 is 2.05 bits per heavy atom. The van der Waals surface area contributed by atoms with E-state index in [-0.39, 0.29) is 11.2 Å². The zero-order chi connectivity index (χ0) is 14.8. The van der Waals surface area contributed by atoms with Crippen LogP contribution in [0.4, 0.5) is 0 Å². The molecule has 2 aliphatic rings. The van der Waals surface area contributed by atoms with E-state index in [9.17, 15) is 14.7 Å². The van der Waals surface area contributed by atoms with Crippen LogP contribution in [0.2, 0.25) is 0 Å². The van der Waals surface area contributed by atoms with E-state index < -0.39 is 12.0 Å². The van der Waals surface area contributed by atoms with Crippen LogP contribution in [0.5, 0.6) is 0 Å². The summed E-state index contributed by atoms with van der Waals surface area (Å²) in [5, 5.41) is 9.11. The molecule has 2 aliphatic heterocycles. The standard InChI is InChI=1S/C16H19NO3S/c18-15(17-9-4-3-7-13(17)16(19)20)14-12-6-2-1-5-11(12)8-10-21-14/h1-2,5-6,13-14H,3-4,7-10H2,(H,19,20). The predicted octanol–water partition coefficient (Wildman–Crippen LogP) is 2.48. The Hall–Kier alpha value is -1.49. The average molecular weight is 305 g/mol. The van der Waals surface area contributed by atoms with Gasteiger partial charge in [0.25, 0.3) is 0 Å².